The maximum atomic E-state index is 6.76. The SMILES string of the molecule is Cc1cc(-n2c3ccc(-c4ccccc4)cc3c3ccc(Oc4cccc(-n5cc6c7ccc(n6[c]5=[Pt])CCc5ccc(cc5)CC7)c4)cc32)ncc1-c1ccccc1. The van der Waals surface area contributed by atoms with E-state index in [9.17, 15) is 0 Å². The molecule has 6 heterocycles. The van der Waals surface area contributed by atoms with Crippen molar-refractivity contribution < 1.29 is 24.1 Å². The van der Waals surface area contributed by atoms with Crippen molar-refractivity contribution in [3.63, 3.8) is 0 Å². The first kappa shape index (κ1) is 35.6. The molecule has 0 saturated heterocycles. The molecule has 0 amide bonds. The van der Waals surface area contributed by atoms with Crippen molar-refractivity contribution >= 4 is 27.3 Å². The fraction of sp³-hybridized carbons (Fsp3) is 0.0943. The fourth-order valence-electron chi connectivity index (χ4n) is 8.82. The van der Waals surface area contributed by atoms with Crippen LogP contribution >= 0.6 is 0 Å². The molecule has 6 heteroatoms. The molecule has 0 fully saturated rings. The Kier molecular flexibility index (Phi) is 8.86. The summed E-state index contributed by atoms with van der Waals surface area (Å²) in [5.41, 5.74) is 15.8. The second-order valence-corrected chi connectivity index (χ2v) is 16.6. The van der Waals surface area contributed by atoms with Crippen LogP contribution in [0.15, 0.2) is 176 Å². The third-order valence-corrected chi connectivity index (χ3v) is 13.0. The molecule has 10 aromatic rings. The van der Waals surface area contributed by atoms with Gasteiger partial charge >= 0.3 is 248 Å². The minimum Gasteiger partial charge on any atom is -0.0622 e. The van der Waals surface area contributed by atoms with Crippen molar-refractivity contribution in [1.82, 2.24) is 18.5 Å². The van der Waals surface area contributed by atoms with Gasteiger partial charge in [-0.25, -0.2) is 0 Å². The van der Waals surface area contributed by atoms with Gasteiger partial charge < -0.3 is 0 Å². The van der Waals surface area contributed by atoms with E-state index >= 15 is 0 Å². The number of hydrogen-bond acceptors (Lipinski definition) is 2. The molecule has 5 nitrogen and oxygen atoms in total. The van der Waals surface area contributed by atoms with Gasteiger partial charge in [-0.05, 0) is 29.2 Å². The molecule has 0 spiro atoms. The minimum absolute atomic E-state index is 0.767. The van der Waals surface area contributed by atoms with E-state index in [0.717, 1.165) is 80.0 Å². The number of nitrogens with zero attached hydrogens (tertiary/aromatic N) is 4. The van der Waals surface area contributed by atoms with Crippen LogP contribution < -0.4 is 4.74 Å². The van der Waals surface area contributed by atoms with Crippen LogP contribution in [-0.4, -0.2) is 18.5 Å². The van der Waals surface area contributed by atoms with E-state index in [-0.39, 0.29) is 0 Å². The summed E-state index contributed by atoms with van der Waals surface area (Å²) in [7, 11) is 0. The van der Waals surface area contributed by atoms with Gasteiger partial charge in [0.1, 0.15) is 0 Å². The Morgan fingerprint density at radius 1 is 0.559 bits per heavy atom. The molecular formula is C53H40N4OPt. The second kappa shape index (κ2) is 14.7. The quantitative estimate of drug-likeness (QED) is 0.167. The van der Waals surface area contributed by atoms with Crippen LogP contribution in [0.5, 0.6) is 11.5 Å². The van der Waals surface area contributed by atoms with Gasteiger partial charge in [-0.2, -0.15) is 0 Å². The number of aromatic nitrogens is 4. The monoisotopic (exact) mass is 943 g/mol. The molecule has 0 atom stereocenters. The molecule has 4 bridgehead atoms. The van der Waals surface area contributed by atoms with Crippen LogP contribution in [0.1, 0.15) is 27.9 Å². The maximum absolute atomic E-state index is 6.76. The van der Waals surface area contributed by atoms with Gasteiger partial charge in [-0.3, -0.25) is 0 Å². The summed E-state index contributed by atoms with van der Waals surface area (Å²) in [4.78, 5) is 5.09. The van der Waals surface area contributed by atoms with E-state index in [4.69, 9.17) is 9.72 Å². The van der Waals surface area contributed by atoms with E-state index in [0.29, 0.717) is 0 Å². The van der Waals surface area contributed by atoms with Crippen LogP contribution in [0.25, 0.3) is 61.1 Å². The van der Waals surface area contributed by atoms with Crippen LogP contribution in [0.4, 0.5) is 0 Å². The summed E-state index contributed by atoms with van der Waals surface area (Å²) < 4.78 is 15.0. The van der Waals surface area contributed by atoms with Crippen LogP contribution in [0.3, 0.4) is 0 Å². The van der Waals surface area contributed by atoms with Gasteiger partial charge in [0, 0.05) is 11.8 Å². The van der Waals surface area contributed by atoms with Crippen molar-refractivity contribution in [2.75, 3.05) is 0 Å². The molecule has 0 saturated carbocycles. The van der Waals surface area contributed by atoms with E-state index in [1.54, 1.807) is 0 Å². The van der Waals surface area contributed by atoms with Gasteiger partial charge in [0.05, 0.1) is 0 Å². The number of ether oxygens (including phenoxy) is 1. The summed E-state index contributed by atoms with van der Waals surface area (Å²) in [5.74, 6) is 2.42. The summed E-state index contributed by atoms with van der Waals surface area (Å²) in [6, 6.07) is 58.8. The first-order valence-corrected chi connectivity index (χ1v) is 21.4. The molecule has 14 rings (SSSR count). The van der Waals surface area contributed by atoms with Gasteiger partial charge in [0.25, 0.3) is 0 Å². The van der Waals surface area contributed by atoms with Crippen molar-refractivity contribution in [2.45, 2.75) is 32.6 Å². The van der Waals surface area contributed by atoms with E-state index in [1.165, 1.54) is 50.0 Å². The molecule has 0 N–H and O–H groups in total. The van der Waals surface area contributed by atoms with Crippen molar-refractivity contribution in [3.8, 4) is 45.3 Å². The van der Waals surface area contributed by atoms with Crippen LogP contribution in [0.2, 0.25) is 0 Å². The Hall–Kier alpha value is -6.55. The van der Waals surface area contributed by atoms with Crippen molar-refractivity contribution in [3.05, 3.63) is 208 Å². The summed E-state index contributed by atoms with van der Waals surface area (Å²) in [6.45, 7) is 2.17. The van der Waals surface area contributed by atoms with Crippen molar-refractivity contribution in [1.29, 1.82) is 0 Å². The van der Waals surface area contributed by atoms with Crippen LogP contribution in [0, 0.1) is 10.7 Å². The summed E-state index contributed by atoms with van der Waals surface area (Å²) >= 11 is 2.50. The molecule has 288 valence electrons. The van der Waals surface area contributed by atoms with Crippen molar-refractivity contribution in [2.24, 2.45) is 0 Å². The number of fused-ring (bicyclic) bond motifs is 3. The smallest absolute Gasteiger partial charge is 0.0622 e. The Bertz CT molecular complexity index is 3270. The zero-order valence-corrected chi connectivity index (χ0v) is 34.9. The molecule has 2 aliphatic heterocycles. The normalized spacial score (nSPS) is 12.7. The number of benzene rings is 6. The zero-order valence-electron chi connectivity index (χ0n) is 32.6. The van der Waals surface area contributed by atoms with Crippen LogP contribution in [-0.2, 0) is 45.0 Å². The van der Waals surface area contributed by atoms with E-state index in [2.05, 4.69) is 198 Å². The Labute approximate surface area is 353 Å². The van der Waals surface area contributed by atoms with Gasteiger partial charge in [0.15, 0.2) is 0 Å². The molecule has 59 heavy (non-hydrogen) atoms. The average molecular weight is 944 g/mol. The Morgan fingerprint density at radius 2 is 1.31 bits per heavy atom. The van der Waals surface area contributed by atoms with Gasteiger partial charge in [-0.1, -0.05) is 66.7 Å². The summed E-state index contributed by atoms with van der Waals surface area (Å²) in [6.07, 6.45) is 8.31. The predicted octanol–water partition coefficient (Wildman–Crippen LogP) is 12.6. The Balaban J connectivity index is 0.991. The molecule has 2 aliphatic carbocycles. The molecular weight excluding hydrogens is 904 g/mol. The number of imidazole rings is 1. The standard InChI is InChI=1S/C53H40N4O.Pt/c1-36-29-53(54-33-49(36)40-11-6-3-7-12-40)57-50-28-23-42(39-9-4-2-5-10-39)30-48(50)47-27-26-46(32-51(47)57)58-45-14-8-13-44(31-45)55-34-52-41-21-19-37-15-17-38(18-16-37)20-24-43(25-22-41)56(52)35-55;/h2-18,22-23,25-34H,19-21,24H2,1H3;. The number of aryl methyl sites for hydroxylation is 5. The third-order valence-electron chi connectivity index (χ3n) is 11.9. The first-order chi connectivity index (χ1) is 29.0. The van der Waals surface area contributed by atoms with Gasteiger partial charge in [0.2, 0.25) is 0 Å². The van der Waals surface area contributed by atoms with E-state index < -0.39 is 0 Å². The van der Waals surface area contributed by atoms with E-state index in [1.807, 2.05) is 18.3 Å². The number of pyridine rings is 2. The molecule has 6 aromatic carbocycles. The predicted molar refractivity (Wildman–Crippen MR) is 235 cm³/mol. The molecule has 0 radical (unpaired) electrons. The second-order valence-electron chi connectivity index (χ2n) is 15.6. The molecule has 4 aromatic heterocycles. The Morgan fingerprint density at radius 3 is 2.08 bits per heavy atom. The topological polar surface area (TPSA) is 36.4 Å². The van der Waals surface area contributed by atoms with Gasteiger partial charge in [-0.15, -0.1) is 0 Å². The zero-order chi connectivity index (χ0) is 39.5. The number of rotatable bonds is 6. The first-order valence-electron chi connectivity index (χ1n) is 20.3. The number of hydrogen-bond donors (Lipinski definition) is 0. The fourth-order valence-corrected chi connectivity index (χ4v) is 9.86. The minimum atomic E-state index is 0.767. The summed E-state index contributed by atoms with van der Waals surface area (Å²) in [5, 5.41) is 2.32. The third kappa shape index (κ3) is 6.47. The average Bonchev–Trinajstić information content (AvgIpc) is 3.79. The molecule has 0 unspecified atom stereocenters. The molecule has 4 aliphatic rings.